The zero-order valence-electron chi connectivity index (χ0n) is 24.1. The molecule has 7 nitrogen and oxygen atoms in total. The second kappa shape index (κ2) is 11.9. The first-order chi connectivity index (χ1) is 20.1. The minimum atomic E-state index is -0.458. The summed E-state index contributed by atoms with van der Waals surface area (Å²) in [6.07, 6.45) is 0. The van der Waals surface area contributed by atoms with Gasteiger partial charge >= 0.3 is 5.97 Å². The third-order valence-electron chi connectivity index (χ3n) is 7.09. The summed E-state index contributed by atoms with van der Waals surface area (Å²) in [5, 5.41) is 8.29. The van der Waals surface area contributed by atoms with E-state index in [9.17, 15) is 9.59 Å². The summed E-state index contributed by atoms with van der Waals surface area (Å²) in [7, 11) is 3.97. The number of hydrogen-bond donors (Lipinski definition) is 1. The molecule has 212 valence electrons. The molecule has 4 aromatic carbocycles. The van der Waals surface area contributed by atoms with E-state index in [0.29, 0.717) is 33.4 Å². The fraction of sp³-hybridized carbons (Fsp3) is 0.147. The molecular weight excluding hydrogens is 548 g/mol. The molecule has 5 rings (SSSR count). The van der Waals surface area contributed by atoms with Crippen molar-refractivity contribution in [3.8, 4) is 34.0 Å². The van der Waals surface area contributed by atoms with E-state index in [4.69, 9.17) is 21.4 Å². The van der Waals surface area contributed by atoms with Gasteiger partial charge < -0.3 is 15.0 Å². The normalized spacial score (nSPS) is 10.8. The van der Waals surface area contributed by atoms with Crippen LogP contribution in [0.5, 0.6) is 5.88 Å². The van der Waals surface area contributed by atoms with Crippen LogP contribution in [-0.2, 0) is 4.79 Å². The number of anilines is 2. The van der Waals surface area contributed by atoms with Gasteiger partial charge in [-0.25, -0.2) is 0 Å². The molecule has 5 aromatic rings. The first-order valence-corrected chi connectivity index (χ1v) is 13.8. The van der Waals surface area contributed by atoms with Gasteiger partial charge in [0, 0.05) is 38.0 Å². The van der Waals surface area contributed by atoms with Crippen LogP contribution in [0.25, 0.3) is 28.1 Å². The van der Waals surface area contributed by atoms with Crippen molar-refractivity contribution in [1.82, 2.24) is 9.78 Å². The number of rotatable bonds is 7. The lowest BCUT2D eigenvalue weighted by molar-refractivity contribution is -0.132. The highest BCUT2D eigenvalue weighted by atomic mass is 35.5. The van der Waals surface area contributed by atoms with Crippen LogP contribution in [0.2, 0.25) is 5.02 Å². The average molecular weight is 579 g/mol. The topological polar surface area (TPSA) is 76.5 Å². The molecule has 1 amide bonds. The molecule has 1 N–H and O–H groups in total. The Hall–Kier alpha value is -4.88. The molecule has 0 saturated carbocycles. The van der Waals surface area contributed by atoms with Crippen molar-refractivity contribution >= 4 is 34.9 Å². The van der Waals surface area contributed by atoms with E-state index < -0.39 is 5.97 Å². The molecule has 0 radical (unpaired) electrons. The Morgan fingerprint density at radius 2 is 1.52 bits per heavy atom. The predicted molar refractivity (Wildman–Crippen MR) is 169 cm³/mol. The number of esters is 1. The van der Waals surface area contributed by atoms with E-state index in [1.165, 1.54) is 6.92 Å². The molecular formula is C34H31ClN4O3. The first-order valence-electron chi connectivity index (χ1n) is 13.5. The quantitative estimate of drug-likeness (QED) is 0.200. The molecule has 0 aliphatic carbocycles. The van der Waals surface area contributed by atoms with Gasteiger partial charge in [-0.2, -0.15) is 9.78 Å². The SMILES string of the molecule is CC(=O)Oc1c(-c2ccc(NC(=O)c3ccccc3Cl)cc2)c(-c2ccc(N(C)C)cc2)nn1-c1cccc(C)c1C. The van der Waals surface area contributed by atoms with Crippen molar-refractivity contribution in [2.75, 3.05) is 24.3 Å². The molecule has 0 spiro atoms. The van der Waals surface area contributed by atoms with Crippen LogP contribution >= 0.6 is 11.6 Å². The highest BCUT2D eigenvalue weighted by Crippen LogP contribution is 2.42. The largest absolute Gasteiger partial charge is 0.407 e. The zero-order valence-corrected chi connectivity index (χ0v) is 24.9. The van der Waals surface area contributed by atoms with E-state index in [1.807, 2.05) is 87.4 Å². The molecule has 0 unspecified atom stereocenters. The van der Waals surface area contributed by atoms with Gasteiger partial charge in [-0.1, -0.05) is 60.1 Å². The van der Waals surface area contributed by atoms with Crippen LogP contribution in [0.4, 0.5) is 11.4 Å². The number of carbonyl (C=O) groups excluding carboxylic acids is 2. The molecule has 0 bridgehead atoms. The number of hydrogen-bond acceptors (Lipinski definition) is 5. The Balaban J connectivity index is 1.65. The number of halogens is 1. The van der Waals surface area contributed by atoms with Gasteiger partial charge in [0.1, 0.15) is 5.69 Å². The molecule has 0 aliphatic rings. The van der Waals surface area contributed by atoms with Crippen LogP contribution < -0.4 is 15.0 Å². The number of nitrogens with zero attached hydrogens (tertiary/aromatic N) is 3. The fourth-order valence-electron chi connectivity index (χ4n) is 4.71. The second-order valence-electron chi connectivity index (χ2n) is 10.2. The van der Waals surface area contributed by atoms with Crippen LogP contribution in [0.1, 0.15) is 28.4 Å². The van der Waals surface area contributed by atoms with Crippen molar-refractivity contribution < 1.29 is 14.3 Å². The van der Waals surface area contributed by atoms with E-state index >= 15 is 0 Å². The van der Waals surface area contributed by atoms with E-state index in [1.54, 1.807) is 41.1 Å². The highest BCUT2D eigenvalue weighted by molar-refractivity contribution is 6.34. The number of carbonyl (C=O) groups is 2. The maximum absolute atomic E-state index is 12.8. The third kappa shape index (κ3) is 5.78. The third-order valence-corrected chi connectivity index (χ3v) is 7.42. The number of ether oxygens (including phenoxy) is 1. The van der Waals surface area contributed by atoms with Gasteiger partial charge in [0.2, 0.25) is 5.88 Å². The van der Waals surface area contributed by atoms with Gasteiger partial charge in [-0.05, 0) is 73.0 Å². The Bertz CT molecular complexity index is 1770. The number of amides is 1. The highest BCUT2D eigenvalue weighted by Gasteiger charge is 2.25. The molecule has 42 heavy (non-hydrogen) atoms. The fourth-order valence-corrected chi connectivity index (χ4v) is 4.93. The summed E-state index contributed by atoms with van der Waals surface area (Å²) >= 11 is 6.21. The van der Waals surface area contributed by atoms with Crippen molar-refractivity contribution in [3.05, 3.63) is 113 Å². The minimum Gasteiger partial charge on any atom is -0.407 e. The number of benzene rings is 4. The lowest BCUT2D eigenvalue weighted by atomic mass is 10.0. The van der Waals surface area contributed by atoms with Crippen LogP contribution in [-0.4, -0.2) is 35.8 Å². The Morgan fingerprint density at radius 3 is 2.17 bits per heavy atom. The molecule has 1 heterocycles. The molecule has 0 aliphatic heterocycles. The first kappa shape index (κ1) is 28.6. The van der Waals surface area contributed by atoms with E-state index in [0.717, 1.165) is 33.6 Å². The summed E-state index contributed by atoms with van der Waals surface area (Å²) < 4.78 is 7.57. The summed E-state index contributed by atoms with van der Waals surface area (Å²) in [6.45, 7) is 5.43. The lowest BCUT2D eigenvalue weighted by Crippen LogP contribution is -2.12. The minimum absolute atomic E-state index is 0.307. The molecule has 8 heteroatoms. The smallest absolute Gasteiger partial charge is 0.309 e. The van der Waals surface area contributed by atoms with Gasteiger partial charge in [0.25, 0.3) is 5.91 Å². The zero-order chi connectivity index (χ0) is 30.0. The predicted octanol–water partition coefficient (Wildman–Crippen LogP) is 7.72. The average Bonchev–Trinajstić information content (AvgIpc) is 3.33. The van der Waals surface area contributed by atoms with Gasteiger partial charge in [-0.3, -0.25) is 9.59 Å². The summed E-state index contributed by atoms with van der Waals surface area (Å²) in [4.78, 5) is 27.3. The van der Waals surface area contributed by atoms with Crippen molar-refractivity contribution in [1.29, 1.82) is 0 Å². The van der Waals surface area contributed by atoms with Gasteiger partial charge in [-0.15, -0.1) is 0 Å². The van der Waals surface area contributed by atoms with Crippen LogP contribution in [0.15, 0.2) is 91.0 Å². The Kier molecular flexibility index (Phi) is 8.13. The summed E-state index contributed by atoms with van der Waals surface area (Å²) in [5.41, 5.74) is 7.91. The number of nitrogens with one attached hydrogen (secondary N) is 1. The van der Waals surface area contributed by atoms with Crippen LogP contribution in [0.3, 0.4) is 0 Å². The molecule has 0 atom stereocenters. The molecule has 1 aromatic heterocycles. The maximum Gasteiger partial charge on any atom is 0.309 e. The number of aromatic nitrogens is 2. The maximum atomic E-state index is 12.8. The van der Waals surface area contributed by atoms with Gasteiger partial charge in [0.05, 0.1) is 21.8 Å². The second-order valence-corrected chi connectivity index (χ2v) is 10.6. The van der Waals surface area contributed by atoms with Crippen molar-refractivity contribution in [2.45, 2.75) is 20.8 Å². The number of aryl methyl sites for hydroxylation is 1. The Labute approximate surface area is 250 Å². The summed E-state index contributed by atoms with van der Waals surface area (Å²) in [6, 6.07) is 28.2. The molecule has 0 fully saturated rings. The van der Waals surface area contributed by atoms with Crippen molar-refractivity contribution in [3.63, 3.8) is 0 Å². The van der Waals surface area contributed by atoms with Crippen molar-refractivity contribution in [2.24, 2.45) is 0 Å². The molecule has 0 saturated heterocycles. The lowest BCUT2D eigenvalue weighted by Gasteiger charge is -2.13. The van der Waals surface area contributed by atoms with E-state index in [2.05, 4.69) is 5.32 Å². The van der Waals surface area contributed by atoms with Crippen LogP contribution in [0, 0.1) is 13.8 Å². The summed E-state index contributed by atoms with van der Waals surface area (Å²) in [5.74, 6) is -0.449. The standard InChI is InChI=1S/C34H31ClN4O3/c1-21-9-8-12-30(22(21)2)39-34(42-23(3)40)31(32(37-39)25-15-19-27(20-16-25)38(4)5)24-13-17-26(18-14-24)36-33(41)28-10-6-7-11-29(28)35/h6-20H,1-5H3,(H,36,41). The Morgan fingerprint density at radius 1 is 0.857 bits per heavy atom. The van der Waals surface area contributed by atoms with E-state index in [-0.39, 0.29) is 5.91 Å². The monoisotopic (exact) mass is 578 g/mol. The van der Waals surface area contributed by atoms with Gasteiger partial charge in [0.15, 0.2) is 0 Å².